The largest absolute Gasteiger partial charge is 0.272 e. The lowest BCUT2D eigenvalue weighted by molar-refractivity contribution is -0.120. The first-order valence-electron chi connectivity index (χ1n) is 4.59. The van der Waals surface area contributed by atoms with Crippen LogP contribution >= 0.6 is 11.8 Å². The molecule has 0 atom stereocenters. The predicted octanol–water partition coefficient (Wildman–Crippen LogP) is 1.77. The van der Waals surface area contributed by atoms with Crippen LogP contribution in [0.1, 0.15) is 12.0 Å². The third-order valence-electron chi connectivity index (χ3n) is 1.76. The lowest BCUT2D eigenvalue weighted by Crippen LogP contribution is -2.16. The van der Waals surface area contributed by atoms with E-state index in [1.54, 1.807) is 24.0 Å². The van der Waals surface area contributed by atoms with Crippen molar-refractivity contribution in [3.8, 4) is 6.07 Å². The first kappa shape index (κ1) is 12.3. The third kappa shape index (κ3) is 4.15. The number of rotatable bonds is 4. The van der Waals surface area contributed by atoms with Crippen LogP contribution in [0.2, 0.25) is 0 Å². The van der Waals surface area contributed by atoms with Gasteiger partial charge in [-0.25, -0.2) is 5.43 Å². The maximum absolute atomic E-state index is 10.9. The third-order valence-corrected chi connectivity index (χ3v) is 2.50. The van der Waals surface area contributed by atoms with Gasteiger partial charge in [0.15, 0.2) is 0 Å². The number of amides is 1. The van der Waals surface area contributed by atoms with Crippen molar-refractivity contribution in [1.29, 1.82) is 5.26 Å². The minimum absolute atomic E-state index is 0.178. The van der Waals surface area contributed by atoms with Crippen molar-refractivity contribution in [3.05, 3.63) is 29.8 Å². The number of carbonyl (C=O) groups is 1. The normalized spacial score (nSPS) is 10.0. The number of hydrazone groups is 1. The van der Waals surface area contributed by atoms with Gasteiger partial charge in [-0.3, -0.25) is 4.79 Å². The number of benzene rings is 1. The summed E-state index contributed by atoms with van der Waals surface area (Å²) < 4.78 is 0. The molecule has 1 rings (SSSR count). The van der Waals surface area contributed by atoms with Gasteiger partial charge in [-0.1, -0.05) is 12.1 Å². The van der Waals surface area contributed by atoms with Crippen LogP contribution < -0.4 is 5.43 Å². The molecule has 0 saturated heterocycles. The highest BCUT2D eigenvalue weighted by Crippen LogP contribution is 2.13. The number of carbonyl (C=O) groups excluding carboxylic acids is 1. The van der Waals surface area contributed by atoms with E-state index in [9.17, 15) is 4.79 Å². The van der Waals surface area contributed by atoms with Gasteiger partial charge in [0.1, 0.15) is 6.42 Å². The van der Waals surface area contributed by atoms with Crippen LogP contribution in [0, 0.1) is 11.3 Å². The Morgan fingerprint density at radius 1 is 1.56 bits per heavy atom. The van der Waals surface area contributed by atoms with Gasteiger partial charge in [-0.15, -0.1) is 11.8 Å². The molecule has 5 heteroatoms. The highest BCUT2D eigenvalue weighted by atomic mass is 32.2. The van der Waals surface area contributed by atoms with Crippen LogP contribution in [0.4, 0.5) is 0 Å². The lowest BCUT2D eigenvalue weighted by atomic mass is 10.2. The number of nitrogens with one attached hydrogen (secondary N) is 1. The molecule has 0 spiro atoms. The van der Waals surface area contributed by atoms with E-state index in [2.05, 4.69) is 10.5 Å². The Bertz CT molecular complexity index is 420. The van der Waals surface area contributed by atoms with Gasteiger partial charge in [0.05, 0.1) is 12.3 Å². The fourth-order valence-corrected chi connectivity index (χ4v) is 1.39. The van der Waals surface area contributed by atoms with Crippen molar-refractivity contribution in [1.82, 2.24) is 5.43 Å². The molecule has 0 fully saturated rings. The summed E-state index contributed by atoms with van der Waals surface area (Å²) in [5.41, 5.74) is 3.16. The Morgan fingerprint density at radius 2 is 2.25 bits per heavy atom. The number of hydrogen-bond donors (Lipinski definition) is 1. The molecule has 1 N–H and O–H groups in total. The molecule has 0 unspecified atom stereocenters. The summed E-state index contributed by atoms with van der Waals surface area (Å²) in [6.07, 6.45) is 3.37. The molecule has 0 aromatic heterocycles. The summed E-state index contributed by atoms with van der Waals surface area (Å²) in [6, 6.07) is 9.51. The zero-order valence-corrected chi connectivity index (χ0v) is 9.62. The maximum Gasteiger partial charge on any atom is 0.254 e. The monoisotopic (exact) mass is 233 g/mol. The van der Waals surface area contributed by atoms with Gasteiger partial charge in [-0.05, 0) is 24.0 Å². The molecule has 0 saturated carbocycles. The van der Waals surface area contributed by atoms with E-state index < -0.39 is 5.91 Å². The molecule has 1 aromatic carbocycles. The molecule has 1 amide bonds. The van der Waals surface area contributed by atoms with Crippen LogP contribution in [0.5, 0.6) is 0 Å². The van der Waals surface area contributed by atoms with E-state index >= 15 is 0 Å². The van der Waals surface area contributed by atoms with Gasteiger partial charge >= 0.3 is 0 Å². The molecule has 0 aliphatic carbocycles. The van der Waals surface area contributed by atoms with Gasteiger partial charge in [0.2, 0.25) is 0 Å². The van der Waals surface area contributed by atoms with E-state index in [0.29, 0.717) is 0 Å². The molecule has 16 heavy (non-hydrogen) atoms. The van der Waals surface area contributed by atoms with Crippen molar-refractivity contribution in [2.24, 2.45) is 5.10 Å². The summed E-state index contributed by atoms with van der Waals surface area (Å²) in [7, 11) is 0. The lowest BCUT2D eigenvalue weighted by Gasteiger charge is -1.97. The van der Waals surface area contributed by atoms with E-state index in [1.165, 1.54) is 4.90 Å². The smallest absolute Gasteiger partial charge is 0.254 e. The Labute approximate surface area is 98.3 Å². The number of nitriles is 1. The number of hydrogen-bond acceptors (Lipinski definition) is 4. The average Bonchev–Trinajstić information content (AvgIpc) is 2.30. The second-order valence-electron chi connectivity index (χ2n) is 2.90. The summed E-state index contributed by atoms with van der Waals surface area (Å²) in [4.78, 5) is 12.1. The van der Waals surface area contributed by atoms with Gasteiger partial charge in [0.25, 0.3) is 5.91 Å². The summed E-state index contributed by atoms with van der Waals surface area (Å²) in [5, 5.41) is 12.0. The van der Waals surface area contributed by atoms with Crippen molar-refractivity contribution in [3.63, 3.8) is 0 Å². The Kier molecular flexibility index (Phi) is 5.09. The zero-order chi connectivity index (χ0) is 11.8. The highest BCUT2D eigenvalue weighted by molar-refractivity contribution is 7.98. The van der Waals surface area contributed by atoms with Crippen LogP contribution in [0.25, 0.3) is 0 Å². The second-order valence-corrected chi connectivity index (χ2v) is 3.78. The fourth-order valence-electron chi connectivity index (χ4n) is 0.980. The molecule has 4 nitrogen and oxygen atoms in total. The summed E-state index contributed by atoms with van der Waals surface area (Å²) in [6.45, 7) is 0. The van der Waals surface area contributed by atoms with Crippen molar-refractivity contribution in [2.75, 3.05) is 6.26 Å². The van der Waals surface area contributed by atoms with Gasteiger partial charge < -0.3 is 0 Å². The SMILES string of the molecule is CSc1ccc(/C=N/NC(=O)CC#N)cc1. The van der Waals surface area contributed by atoms with Crippen molar-refractivity contribution < 1.29 is 4.79 Å². The molecule has 82 valence electrons. The van der Waals surface area contributed by atoms with E-state index in [1.807, 2.05) is 30.5 Å². The standard InChI is InChI=1S/C11H11N3OS/c1-16-10-4-2-9(3-5-10)8-13-14-11(15)6-7-12/h2-5,8H,6H2,1H3,(H,14,15)/b13-8+. The highest BCUT2D eigenvalue weighted by Gasteiger charge is 1.95. The Balaban J connectivity index is 2.50. The number of nitrogens with zero attached hydrogens (tertiary/aromatic N) is 2. The molecule has 0 bridgehead atoms. The summed E-state index contributed by atoms with van der Waals surface area (Å²) in [5.74, 6) is -0.403. The van der Waals surface area contributed by atoms with Crippen LogP contribution in [-0.2, 0) is 4.79 Å². The molecule has 1 aromatic rings. The Morgan fingerprint density at radius 3 is 2.81 bits per heavy atom. The summed E-state index contributed by atoms with van der Waals surface area (Å²) >= 11 is 1.66. The first-order chi connectivity index (χ1) is 7.76. The first-order valence-corrected chi connectivity index (χ1v) is 5.81. The topological polar surface area (TPSA) is 65.2 Å². The average molecular weight is 233 g/mol. The van der Waals surface area contributed by atoms with Crippen molar-refractivity contribution >= 4 is 23.9 Å². The Hall–Kier alpha value is -1.80. The van der Waals surface area contributed by atoms with E-state index in [4.69, 9.17) is 5.26 Å². The zero-order valence-electron chi connectivity index (χ0n) is 8.80. The van der Waals surface area contributed by atoms with Crippen LogP contribution in [0.3, 0.4) is 0 Å². The fraction of sp³-hybridized carbons (Fsp3) is 0.182. The molecule has 0 radical (unpaired) electrons. The number of thioether (sulfide) groups is 1. The van der Waals surface area contributed by atoms with Crippen LogP contribution in [0.15, 0.2) is 34.3 Å². The second kappa shape index (κ2) is 6.64. The predicted molar refractivity (Wildman–Crippen MR) is 64.2 cm³/mol. The molecule has 0 aliphatic heterocycles. The van der Waals surface area contributed by atoms with Gasteiger partial charge in [0, 0.05) is 4.90 Å². The molecular formula is C11H11N3OS. The van der Waals surface area contributed by atoms with Crippen molar-refractivity contribution in [2.45, 2.75) is 11.3 Å². The van der Waals surface area contributed by atoms with Crippen LogP contribution in [-0.4, -0.2) is 18.4 Å². The van der Waals surface area contributed by atoms with E-state index in [-0.39, 0.29) is 6.42 Å². The molecule has 0 heterocycles. The minimum Gasteiger partial charge on any atom is -0.272 e. The molecule has 0 aliphatic rings. The quantitative estimate of drug-likeness (QED) is 0.489. The van der Waals surface area contributed by atoms with E-state index in [0.717, 1.165) is 5.56 Å². The van der Waals surface area contributed by atoms with Gasteiger partial charge in [-0.2, -0.15) is 10.4 Å². The molecular weight excluding hydrogens is 222 g/mol. The minimum atomic E-state index is -0.403. The maximum atomic E-state index is 10.9.